The summed E-state index contributed by atoms with van der Waals surface area (Å²) in [4.78, 5) is 2.00. The first-order valence-electron chi connectivity index (χ1n) is 5.59. The standard InChI is InChI=1S/C12H16ClN3O2S/c1-15(2)6-7-16(3)19(17,18)11-5-4-10(9-14)12(13)8-11/h4-5,8H,6-7H2,1-3H3. The number of benzene rings is 1. The van der Waals surface area contributed by atoms with Crippen LogP contribution in [-0.2, 0) is 10.0 Å². The van der Waals surface area contributed by atoms with E-state index in [4.69, 9.17) is 16.9 Å². The summed E-state index contributed by atoms with van der Waals surface area (Å²) in [5.41, 5.74) is 0.261. The molecular formula is C12H16ClN3O2S. The van der Waals surface area contributed by atoms with Gasteiger partial charge in [0.2, 0.25) is 10.0 Å². The summed E-state index contributed by atoms with van der Waals surface area (Å²) < 4.78 is 25.8. The second-order valence-corrected chi connectivity index (χ2v) is 6.84. The smallest absolute Gasteiger partial charge is 0.242 e. The van der Waals surface area contributed by atoms with Crippen molar-refractivity contribution < 1.29 is 8.42 Å². The third-order valence-corrected chi connectivity index (χ3v) is 4.80. The number of halogens is 1. The van der Waals surface area contributed by atoms with Gasteiger partial charge in [0.25, 0.3) is 0 Å². The van der Waals surface area contributed by atoms with Gasteiger partial charge in [0, 0.05) is 20.1 Å². The number of hydrogen-bond donors (Lipinski definition) is 0. The van der Waals surface area contributed by atoms with E-state index in [0.717, 1.165) is 0 Å². The lowest BCUT2D eigenvalue weighted by Gasteiger charge is -2.19. The summed E-state index contributed by atoms with van der Waals surface area (Å²) in [6, 6.07) is 6.01. The highest BCUT2D eigenvalue weighted by Gasteiger charge is 2.21. The fourth-order valence-corrected chi connectivity index (χ4v) is 2.86. The van der Waals surface area contributed by atoms with Gasteiger partial charge in [0.1, 0.15) is 6.07 Å². The Balaban J connectivity index is 3.01. The lowest BCUT2D eigenvalue weighted by molar-refractivity contribution is 0.358. The molecule has 0 unspecified atom stereocenters. The van der Waals surface area contributed by atoms with E-state index in [1.807, 2.05) is 25.1 Å². The van der Waals surface area contributed by atoms with Crippen LogP contribution in [0.4, 0.5) is 0 Å². The number of likely N-dealkylation sites (N-methyl/N-ethyl adjacent to an activating group) is 2. The number of hydrogen-bond acceptors (Lipinski definition) is 4. The highest BCUT2D eigenvalue weighted by molar-refractivity contribution is 7.89. The minimum atomic E-state index is -3.57. The van der Waals surface area contributed by atoms with Crippen molar-refractivity contribution in [1.82, 2.24) is 9.21 Å². The molecule has 1 aromatic rings. The molecule has 0 aliphatic carbocycles. The first-order chi connectivity index (χ1) is 8.78. The van der Waals surface area contributed by atoms with Gasteiger partial charge in [-0.1, -0.05) is 11.6 Å². The lowest BCUT2D eigenvalue weighted by Crippen LogP contribution is -2.33. The molecule has 5 nitrogen and oxygen atoms in total. The molecule has 0 aliphatic heterocycles. The maximum Gasteiger partial charge on any atom is 0.242 e. The van der Waals surface area contributed by atoms with Crippen molar-refractivity contribution in [2.75, 3.05) is 34.2 Å². The zero-order valence-electron chi connectivity index (χ0n) is 11.1. The van der Waals surface area contributed by atoms with Crippen LogP contribution in [0, 0.1) is 11.3 Å². The van der Waals surface area contributed by atoms with Crippen LogP contribution in [0.25, 0.3) is 0 Å². The van der Waals surface area contributed by atoms with E-state index in [1.165, 1.54) is 29.6 Å². The Bertz CT molecular complexity index is 593. The van der Waals surface area contributed by atoms with Crippen LogP contribution in [0.15, 0.2) is 23.1 Å². The second-order valence-electron chi connectivity index (χ2n) is 4.38. The third-order valence-electron chi connectivity index (χ3n) is 2.63. The first kappa shape index (κ1) is 15.9. The largest absolute Gasteiger partial charge is 0.308 e. The maximum absolute atomic E-state index is 12.3. The van der Waals surface area contributed by atoms with E-state index < -0.39 is 10.0 Å². The van der Waals surface area contributed by atoms with Crippen molar-refractivity contribution in [2.24, 2.45) is 0 Å². The summed E-state index contributed by atoms with van der Waals surface area (Å²) >= 11 is 5.85. The van der Waals surface area contributed by atoms with Gasteiger partial charge in [-0.15, -0.1) is 0 Å². The Hall–Kier alpha value is -1.13. The molecule has 0 saturated heterocycles. The molecule has 19 heavy (non-hydrogen) atoms. The van der Waals surface area contributed by atoms with Gasteiger partial charge in [-0.05, 0) is 32.3 Å². The van der Waals surface area contributed by atoms with E-state index in [-0.39, 0.29) is 15.5 Å². The Morgan fingerprint density at radius 1 is 1.26 bits per heavy atom. The SMILES string of the molecule is CN(C)CCN(C)S(=O)(=O)c1ccc(C#N)c(Cl)c1. The highest BCUT2D eigenvalue weighted by atomic mass is 35.5. The molecule has 7 heteroatoms. The normalized spacial score (nSPS) is 11.8. The second kappa shape index (κ2) is 6.35. The minimum Gasteiger partial charge on any atom is -0.308 e. The van der Waals surface area contributed by atoms with Gasteiger partial charge in [-0.3, -0.25) is 0 Å². The number of rotatable bonds is 5. The molecule has 0 bridgehead atoms. The Kier molecular flexibility index (Phi) is 5.32. The zero-order valence-corrected chi connectivity index (χ0v) is 12.7. The van der Waals surface area contributed by atoms with Crippen LogP contribution < -0.4 is 0 Å². The highest BCUT2D eigenvalue weighted by Crippen LogP contribution is 2.22. The van der Waals surface area contributed by atoms with Gasteiger partial charge in [0.15, 0.2) is 0 Å². The average molecular weight is 302 g/mol. The molecule has 1 rings (SSSR count). The van der Waals surface area contributed by atoms with Crippen molar-refractivity contribution in [2.45, 2.75) is 4.90 Å². The zero-order chi connectivity index (χ0) is 14.6. The van der Waals surface area contributed by atoms with E-state index in [9.17, 15) is 8.42 Å². The van der Waals surface area contributed by atoms with E-state index in [1.54, 1.807) is 0 Å². The number of nitrogens with zero attached hydrogens (tertiary/aromatic N) is 3. The van der Waals surface area contributed by atoms with Crippen molar-refractivity contribution in [3.8, 4) is 6.07 Å². The molecule has 0 amide bonds. The van der Waals surface area contributed by atoms with Gasteiger partial charge in [-0.25, -0.2) is 8.42 Å². The van der Waals surface area contributed by atoms with Gasteiger partial charge < -0.3 is 4.90 Å². The van der Waals surface area contributed by atoms with E-state index in [0.29, 0.717) is 13.1 Å². The molecule has 1 aromatic carbocycles. The van der Waals surface area contributed by atoms with Gasteiger partial charge in [0.05, 0.1) is 15.5 Å². The van der Waals surface area contributed by atoms with Crippen LogP contribution in [-0.4, -0.2) is 51.9 Å². The first-order valence-corrected chi connectivity index (χ1v) is 7.41. The summed E-state index contributed by atoms with van der Waals surface area (Å²) in [5, 5.41) is 8.91. The van der Waals surface area contributed by atoms with Crippen LogP contribution >= 0.6 is 11.6 Å². The summed E-state index contributed by atoms with van der Waals surface area (Å²) in [5.74, 6) is 0. The summed E-state index contributed by atoms with van der Waals surface area (Å²) in [7, 11) is 1.70. The molecule has 0 atom stereocenters. The molecule has 0 radical (unpaired) electrons. The fourth-order valence-electron chi connectivity index (χ4n) is 1.39. The quantitative estimate of drug-likeness (QED) is 0.824. The van der Waals surface area contributed by atoms with E-state index >= 15 is 0 Å². The Morgan fingerprint density at radius 2 is 1.89 bits per heavy atom. The molecule has 0 aromatic heterocycles. The Labute approximate surface area is 119 Å². The molecule has 0 spiro atoms. The molecule has 0 N–H and O–H groups in total. The van der Waals surface area contributed by atoms with Crippen molar-refractivity contribution in [3.05, 3.63) is 28.8 Å². The topological polar surface area (TPSA) is 64.4 Å². The lowest BCUT2D eigenvalue weighted by atomic mass is 10.2. The minimum absolute atomic E-state index is 0.0951. The van der Waals surface area contributed by atoms with Crippen LogP contribution in [0.1, 0.15) is 5.56 Å². The van der Waals surface area contributed by atoms with Crippen LogP contribution in [0.5, 0.6) is 0 Å². The molecule has 0 heterocycles. The predicted molar refractivity (Wildman–Crippen MR) is 74.5 cm³/mol. The molecule has 104 valence electrons. The molecule has 0 aliphatic rings. The predicted octanol–water partition coefficient (Wildman–Crippen LogP) is 1.39. The monoisotopic (exact) mass is 301 g/mol. The average Bonchev–Trinajstić information content (AvgIpc) is 2.35. The maximum atomic E-state index is 12.3. The van der Waals surface area contributed by atoms with Gasteiger partial charge in [-0.2, -0.15) is 9.57 Å². The van der Waals surface area contributed by atoms with Crippen molar-refractivity contribution >= 4 is 21.6 Å². The van der Waals surface area contributed by atoms with Crippen LogP contribution in [0.3, 0.4) is 0 Å². The Morgan fingerprint density at radius 3 is 2.37 bits per heavy atom. The van der Waals surface area contributed by atoms with E-state index in [2.05, 4.69) is 0 Å². The fraction of sp³-hybridized carbons (Fsp3) is 0.417. The molecule has 0 saturated carbocycles. The van der Waals surface area contributed by atoms with Crippen molar-refractivity contribution in [1.29, 1.82) is 5.26 Å². The third kappa shape index (κ3) is 3.91. The number of sulfonamides is 1. The van der Waals surface area contributed by atoms with Crippen LogP contribution in [0.2, 0.25) is 5.02 Å². The van der Waals surface area contributed by atoms with Gasteiger partial charge >= 0.3 is 0 Å². The molecule has 0 fully saturated rings. The molecular weight excluding hydrogens is 286 g/mol. The van der Waals surface area contributed by atoms with Crippen molar-refractivity contribution in [3.63, 3.8) is 0 Å². The summed E-state index contributed by atoms with van der Waals surface area (Å²) in [6.45, 7) is 1.01. The summed E-state index contributed by atoms with van der Waals surface area (Å²) in [6.07, 6.45) is 0. The number of nitriles is 1.